The highest BCUT2D eigenvalue weighted by atomic mass is 79.9. The van der Waals surface area contributed by atoms with Crippen LogP contribution in [0.3, 0.4) is 0 Å². The van der Waals surface area contributed by atoms with Gasteiger partial charge in [0.1, 0.15) is 0 Å². The molecule has 1 aliphatic heterocycles. The van der Waals surface area contributed by atoms with Crippen LogP contribution in [0.4, 0.5) is 9.18 Å². The third-order valence-electron chi connectivity index (χ3n) is 2.47. The van der Waals surface area contributed by atoms with Crippen molar-refractivity contribution >= 4 is 22.0 Å². The fourth-order valence-corrected chi connectivity index (χ4v) is 2.08. The van der Waals surface area contributed by atoms with Crippen molar-refractivity contribution in [1.82, 2.24) is 4.90 Å². The molecule has 4 nitrogen and oxygen atoms in total. The lowest BCUT2D eigenvalue weighted by Gasteiger charge is -2.20. The summed E-state index contributed by atoms with van der Waals surface area (Å²) < 4.78 is 19.4. The Bertz CT molecular complexity index is 452. The largest absolute Gasteiger partial charge is 0.467 e. The zero-order chi connectivity index (χ0) is 11.9. The van der Waals surface area contributed by atoms with Gasteiger partial charge in [-0.2, -0.15) is 0 Å². The van der Waals surface area contributed by atoms with Gasteiger partial charge in [0.05, 0.1) is 0 Å². The van der Waals surface area contributed by atoms with Gasteiger partial charge in [-0.05, 0) is 12.1 Å². The number of hydrogen-bond donors (Lipinski definition) is 1. The second-order valence-electron chi connectivity index (χ2n) is 3.55. The molecule has 16 heavy (non-hydrogen) atoms. The molecule has 1 unspecified atom stereocenters. The van der Waals surface area contributed by atoms with E-state index in [2.05, 4.69) is 15.9 Å². The van der Waals surface area contributed by atoms with E-state index in [-0.39, 0.29) is 5.75 Å². The number of nitrogens with zero attached hydrogens (tertiary/aromatic N) is 1. The second-order valence-corrected chi connectivity index (χ2v) is 4.46. The Morgan fingerprint density at radius 1 is 1.69 bits per heavy atom. The number of rotatable bonds is 1. The molecule has 0 aliphatic carbocycles. The number of hydrogen-bond acceptors (Lipinski definition) is 2. The predicted molar refractivity (Wildman–Crippen MR) is 58.0 cm³/mol. The Morgan fingerprint density at radius 2 is 2.38 bits per heavy atom. The Morgan fingerprint density at radius 3 is 3.00 bits per heavy atom. The zero-order valence-corrected chi connectivity index (χ0v) is 9.99. The van der Waals surface area contributed by atoms with Crippen molar-refractivity contribution < 1.29 is 19.0 Å². The summed E-state index contributed by atoms with van der Waals surface area (Å²) in [5.74, 6) is -0.341. The van der Waals surface area contributed by atoms with E-state index in [9.17, 15) is 9.18 Å². The molecule has 1 atom stereocenters. The molecule has 1 amide bonds. The number of benzene rings is 1. The highest BCUT2D eigenvalue weighted by molar-refractivity contribution is 9.10. The summed E-state index contributed by atoms with van der Waals surface area (Å²) in [4.78, 5) is 11.8. The molecule has 1 aromatic rings. The highest BCUT2D eigenvalue weighted by Gasteiger charge is 2.31. The Balaban J connectivity index is 2.27. The summed E-state index contributed by atoms with van der Waals surface area (Å²) in [6.45, 7) is 0. The number of carbonyl (C=O) groups is 1. The Labute approximate surface area is 99.7 Å². The van der Waals surface area contributed by atoms with E-state index in [4.69, 9.17) is 9.84 Å². The minimum Gasteiger partial charge on any atom is -0.467 e. The molecule has 0 saturated heterocycles. The quantitative estimate of drug-likeness (QED) is 0.864. The average Bonchev–Trinajstić information content (AvgIpc) is 2.60. The highest BCUT2D eigenvalue weighted by Crippen LogP contribution is 2.34. The van der Waals surface area contributed by atoms with E-state index in [0.29, 0.717) is 16.5 Å². The van der Waals surface area contributed by atoms with Crippen LogP contribution in [-0.4, -0.2) is 29.4 Å². The van der Waals surface area contributed by atoms with Gasteiger partial charge in [-0.1, -0.05) is 15.9 Å². The predicted octanol–water partition coefficient (Wildman–Crippen LogP) is 2.46. The van der Waals surface area contributed by atoms with Crippen LogP contribution in [0.5, 0.6) is 5.75 Å². The van der Waals surface area contributed by atoms with Crippen LogP contribution in [0, 0.1) is 5.82 Å². The van der Waals surface area contributed by atoms with Crippen LogP contribution >= 0.6 is 15.9 Å². The molecule has 86 valence electrons. The molecule has 0 spiro atoms. The summed E-state index contributed by atoms with van der Waals surface area (Å²) in [6, 6.07) is 3.02. The van der Waals surface area contributed by atoms with Gasteiger partial charge in [-0.15, -0.1) is 0 Å². The molecule has 0 saturated carbocycles. The topological polar surface area (TPSA) is 49.8 Å². The molecule has 1 heterocycles. The minimum absolute atomic E-state index is 0.140. The van der Waals surface area contributed by atoms with Crippen molar-refractivity contribution in [2.24, 2.45) is 0 Å². The zero-order valence-electron chi connectivity index (χ0n) is 8.41. The van der Waals surface area contributed by atoms with Crippen LogP contribution < -0.4 is 4.74 Å². The van der Waals surface area contributed by atoms with Gasteiger partial charge < -0.3 is 9.84 Å². The first-order valence-corrected chi connectivity index (χ1v) is 5.38. The number of fused-ring (bicyclic) bond motifs is 1. The van der Waals surface area contributed by atoms with Gasteiger partial charge in [-0.3, -0.25) is 4.90 Å². The standard InChI is InChI=1S/C10H9BrFNO3/c1-13(10(14)15)8-3-5-2-6(11)4-7(12)9(5)16-8/h2,4,8H,3H2,1H3,(H,14,15). The second kappa shape index (κ2) is 3.93. The lowest BCUT2D eigenvalue weighted by Crippen LogP contribution is -2.38. The fraction of sp³-hybridized carbons (Fsp3) is 0.300. The van der Waals surface area contributed by atoms with Gasteiger partial charge >= 0.3 is 6.09 Å². The number of carboxylic acid groups (broad SMARTS) is 1. The van der Waals surface area contributed by atoms with Crippen LogP contribution in [0.25, 0.3) is 0 Å². The number of amides is 1. The van der Waals surface area contributed by atoms with Crippen LogP contribution in [0.2, 0.25) is 0 Å². The Hall–Kier alpha value is -1.30. The molecular formula is C10H9BrFNO3. The van der Waals surface area contributed by atoms with Crippen molar-refractivity contribution in [2.45, 2.75) is 12.6 Å². The molecule has 0 bridgehead atoms. The lowest BCUT2D eigenvalue weighted by atomic mass is 10.1. The molecule has 1 N–H and O–H groups in total. The molecule has 0 radical (unpaired) electrons. The fourth-order valence-electron chi connectivity index (χ4n) is 1.60. The van der Waals surface area contributed by atoms with Crippen LogP contribution in [0.15, 0.2) is 16.6 Å². The van der Waals surface area contributed by atoms with Crippen molar-refractivity contribution in [3.05, 3.63) is 28.0 Å². The molecule has 1 aliphatic rings. The van der Waals surface area contributed by atoms with Crippen LogP contribution in [0.1, 0.15) is 5.56 Å². The van der Waals surface area contributed by atoms with E-state index < -0.39 is 18.1 Å². The van der Waals surface area contributed by atoms with Crippen molar-refractivity contribution in [3.8, 4) is 5.75 Å². The lowest BCUT2D eigenvalue weighted by molar-refractivity contribution is 0.0587. The monoisotopic (exact) mass is 289 g/mol. The SMILES string of the molecule is CN(C(=O)O)C1Cc2cc(Br)cc(F)c2O1. The van der Waals surface area contributed by atoms with Gasteiger partial charge in [0.25, 0.3) is 0 Å². The summed E-state index contributed by atoms with van der Waals surface area (Å²) in [6.07, 6.45) is -1.40. The maximum absolute atomic E-state index is 13.5. The van der Waals surface area contributed by atoms with Crippen molar-refractivity contribution in [2.75, 3.05) is 7.05 Å². The molecule has 6 heteroatoms. The maximum Gasteiger partial charge on any atom is 0.409 e. The third kappa shape index (κ3) is 1.84. The summed E-state index contributed by atoms with van der Waals surface area (Å²) in [5, 5.41) is 8.79. The van der Waals surface area contributed by atoms with Gasteiger partial charge in [0, 0.05) is 23.5 Å². The first-order valence-electron chi connectivity index (χ1n) is 4.59. The number of ether oxygens (including phenoxy) is 1. The van der Waals surface area contributed by atoms with E-state index >= 15 is 0 Å². The maximum atomic E-state index is 13.5. The third-order valence-corrected chi connectivity index (χ3v) is 2.93. The normalized spacial score (nSPS) is 17.8. The van der Waals surface area contributed by atoms with Crippen LogP contribution in [-0.2, 0) is 6.42 Å². The summed E-state index contributed by atoms with van der Waals surface area (Å²) >= 11 is 3.18. The van der Waals surface area contributed by atoms with Crippen molar-refractivity contribution in [1.29, 1.82) is 0 Å². The number of halogens is 2. The Kier molecular flexibility index (Phi) is 2.75. The summed E-state index contributed by atoms with van der Waals surface area (Å²) in [5.41, 5.74) is 0.671. The molecule has 0 aromatic heterocycles. The average molecular weight is 290 g/mol. The van der Waals surface area contributed by atoms with Gasteiger partial charge in [-0.25, -0.2) is 9.18 Å². The van der Waals surface area contributed by atoms with Gasteiger partial charge in [0.15, 0.2) is 17.8 Å². The van der Waals surface area contributed by atoms with E-state index in [1.165, 1.54) is 13.1 Å². The smallest absolute Gasteiger partial charge is 0.409 e. The molecular weight excluding hydrogens is 281 g/mol. The summed E-state index contributed by atoms with van der Waals surface area (Å²) in [7, 11) is 1.39. The van der Waals surface area contributed by atoms with Gasteiger partial charge in [0.2, 0.25) is 0 Å². The molecule has 0 fully saturated rings. The van der Waals surface area contributed by atoms with E-state index in [1.54, 1.807) is 6.07 Å². The van der Waals surface area contributed by atoms with E-state index in [0.717, 1.165) is 4.90 Å². The minimum atomic E-state index is -1.10. The van der Waals surface area contributed by atoms with E-state index in [1.807, 2.05) is 0 Å². The molecule has 1 aromatic carbocycles. The number of likely N-dealkylation sites (N-methyl/N-ethyl adjacent to an activating group) is 1. The first kappa shape index (κ1) is 11.2. The molecule has 2 rings (SSSR count). The first-order chi connectivity index (χ1) is 7.49. The van der Waals surface area contributed by atoms with Crippen molar-refractivity contribution in [3.63, 3.8) is 0 Å².